The van der Waals surface area contributed by atoms with Gasteiger partial charge in [0.05, 0.1) is 11.6 Å². The van der Waals surface area contributed by atoms with Crippen LogP contribution in [-0.4, -0.2) is 19.7 Å². The molecule has 2 aromatic heterocycles. The molecule has 0 bridgehead atoms. The first-order chi connectivity index (χ1) is 6.72. The lowest BCUT2D eigenvalue weighted by Gasteiger charge is -1.97. The SMILES string of the molecule is C#CCn1ncc2c(Cl)nc(Cl)nc21. The highest BCUT2D eigenvalue weighted by Crippen LogP contribution is 2.21. The number of aromatic nitrogens is 4. The molecule has 0 atom stereocenters. The number of hydrogen-bond acceptors (Lipinski definition) is 3. The molecule has 0 aromatic carbocycles. The first-order valence-corrected chi connectivity index (χ1v) is 4.46. The third kappa shape index (κ3) is 1.41. The Balaban J connectivity index is 2.73. The minimum Gasteiger partial charge on any atom is -0.235 e. The zero-order valence-corrected chi connectivity index (χ0v) is 8.42. The fourth-order valence-electron chi connectivity index (χ4n) is 1.10. The predicted octanol–water partition coefficient (Wildman–Crippen LogP) is 1.77. The maximum atomic E-state index is 5.84. The van der Waals surface area contributed by atoms with Crippen LogP contribution in [0.25, 0.3) is 11.0 Å². The Bertz CT molecular complexity index is 526. The number of fused-ring (bicyclic) bond motifs is 1. The second kappa shape index (κ2) is 3.45. The standard InChI is InChI=1S/C8H4Cl2N4/c1-2-3-14-7-5(4-11-14)6(9)12-8(10)13-7/h1,4H,3H2. The van der Waals surface area contributed by atoms with Crippen molar-refractivity contribution in [1.82, 2.24) is 19.7 Å². The van der Waals surface area contributed by atoms with Crippen LogP contribution in [-0.2, 0) is 6.54 Å². The molecule has 2 heterocycles. The molecule has 0 aliphatic rings. The van der Waals surface area contributed by atoms with Gasteiger partial charge in [-0.15, -0.1) is 6.42 Å². The molecule has 14 heavy (non-hydrogen) atoms. The summed E-state index contributed by atoms with van der Waals surface area (Å²) in [4.78, 5) is 7.78. The van der Waals surface area contributed by atoms with Gasteiger partial charge in [0.15, 0.2) is 5.65 Å². The summed E-state index contributed by atoms with van der Waals surface area (Å²) in [6.45, 7) is 0.327. The van der Waals surface area contributed by atoms with Crippen molar-refractivity contribution in [2.24, 2.45) is 0 Å². The van der Waals surface area contributed by atoms with Crippen LogP contribution in [0.2, 0.25) is 10.4 Å². The van der Waals surface area contributed by atoms with Crippen molar-refractivity contribution in [2.45, 2.75) is 6.54 Å². The Morgan fingerprint density at radius 2 is 2.21 bits per heavy atom. The van der Waals surface area contributed by atoms with Gasteiger partial charge < -0.3 is 0 Å². The normalized spacial score (nSPS) is 10.4. The van der Waals surface area contributed by atoms with Crippen molar-refractivity contribution < 1.29 is 0 Å². The van der Waals surface area contributed by atoms with Crippen molar-refractivity contribution in [2.75, 3.05) is 0 Å². The molecule has 0 radical (unpaired) electrons. The van der Waals surface area contributed by atoms with Crippen molar-refractivity contribution in [3.63, 3.8) is 0 Å². The van der Waals surface area contributed by atoms with E-state index < -0.39 is 0 Å². The van der Waals surface area contributed by atoms with Gasteiger partial charge in [0, 0.05) is 0 Å². The van der Waals surface area contributed by atoms with Crippen molar-refractivity contribution in [1.29, 1.82) is 0 Å². The molecule has 6 heteroatoms. The highest BCUT2D eigenvalue weighted by molar-refractivity contribution is 6.35. The molecule has 0 saturated carbocycles. The Kier molecular flexibility index (Phi) is 2.28. The lowest BCUT2D eigenvalue weighted by Crippen LogP contribution is -1.99. The van der Waals surface area contributed by atoms with Gasteiger partial charge in [-0.25, -0.2) is 9.67 Å². The largest absolute Gasteiger partial charge is 0.235 e. The van der Waals surface area contributed by atoms with E-state index in [0.29, 0.717) is 17.6 Å². The van der Waals surface area contributed by atoms with Crippen LogP contribution >= 0.6 is 23.2 Å². The molecule has 2 aromatic rings. The van der Waals surface area contributed by atoms with Gasteiger partial charge in [-0.05, 0) is 11.6 Å². The van der Waals surface area contributed by atoms with E-state index >= 15 is 0 Å². The fourth-order valence-corrected chi connectivity index (χ4v) is 1.52. The molecule has 0 unspecified atom stereocenters. The molecule has 70 valence electrons. The molecule has 0 aliphatic heterocycles. The topological polar surface area (TPSA) is 43.6 Å². The van der Waals surface area contributed by atoms with Crippen LogP contribution in [0.4, 0.5) is 0 Å². The molecule has 0 N–H and O–H groups in total. The Morgan fingerprint density at radius 1 is 1.43 bits per heavy atom. The van der Waals surface area contributed by atoms with E-state index in [2.05, 4.69) is 21.0 Å². The van der Waals surface area contributed by atoms with Gasteiger partial charge in [-0.3, -0.25) is 0 Å². The summed E-state index contributed by atoms with van der Waals surface area (Å²) in [5.41, 5.74) is 0.549. The van der Waals surface area contributed by atoms with E-state index in [0.717, 1.165) is 0 Å². The second-order valence-corrected chi connectivity index (χ2v) is 3.22. The van der Waals surface area contributed by atoms with Gasteiger partial charge >= 0.3 is 0 Å². The van der Waals surface area contributed by atoms with Gasteiger partial charge in [0.1, 0.15) is 11.7 Å². The lowest BCUT2D eigenvalue weighted by molar-refractivity contribution is 0.733. The number of rotatable bonds is 1. The number of nitrogens with zero attached hydrogens (tertiary/aromatic N) is 4. The summed E-state index contributed by atoms with van der Waals surface area (Å²) >= 11 is 11.5. The zero-order valence-electron chi connectivity index (χ0n) is 6.91. The van der Waals surface area contributed by atoms with E-state index in [1.165, 1.54) is 4.68 Å². The summed E-state index contributed by atoms with van der Waals surface area (Å²) in [7, 11) is 0. The van der Waals surface area contributed by atoms with Crippen LogP contribution in [0.5, 0.6) is 0 Å². The first-order valence-electron chi connectivity index (χ1n) is 3.70. The second-order valence-electron chi connectivity index (χ2n) is 2.53. The van der Waals surface area contributed by atoms with E-state index in [4.69, 9.17) is 29.6 Å². The minimum atomic E-state index is 0.0845. The molecule has 2 rings (SSSR count). The zero-order chi connectivity index (χ0) is 10.1. The molecule has 0 amide bonds. The Morgan fingerprint density at radius 3 is 2.93 bits per heavy atom. The monoisotopic (exact) mass is 226 g/mol. The molecule has 0 spiro atoms. The van der Waals surface area contributed by atoms with Crippen LogP contribution < -0.4 is 0 Å². The summed E-state index contributed by atoms with van der Waals surface area (Å²) in [5.74, 6) is 2.46. The van der Waals surface area contributed by atoms with E-state index in [1.54, 1.807) is 6.20 Å². The number of hydrogen-bond donors (Lipinski definition) is 0. The molecule has 0 fully saturated rings. The third-order valence-electron chi connectivity index (χ3n) is 1.66. The highest BCUT2D eigenvalue weighted by atomic mass is 35.5. The summed E-state index contributed by atoms with van der Waals surface area (Å²) in [6, 6.07) is 0. The van der Waals surface area contributed by atoms with Crippen LogP contribution in [0, 0.1) is 12.3 Å². The average Bonchev–Trinajstić information content (AvgIpc) is 2.49. The fraction of sp³-hybridized carbons (Fsp3) is 0.125. The minimum absolute atomic E-state index is 0.0845. The predicted molar refractivity (Wildman–Crippen MR) is 54.2 cm³/mol. The van der Waals surface area contributed by atoms with Crippen LogP contribution in [0.1, 0.15) is 0 Å². The van der Waals surface area contributed by atoms with Crippen molar-refractivity contribution in [3.05, 3.63) is 16.6 Å². The highest BCUT2D eigenvalue weighted by Gasteiger charge is 2.09. The van der Waals surface area contributed by atoms with E-state index in [-0.39, 0.29) is 10.4 Å². The van der Waals surface area contributed by atoms with Gasteiger partial charge in [0.2, 0.25) is 5.28 Å². The Hall–Kier alpha value is -1.31. The maximum Gasteiger partial charge on any atom is 0.225 e. The molecular formula is C8H4Cl2N4. The lowest BCUT2D eigenvalue weighted by atomic mass is 10.4. The smallest absolute Gasteiger partial charge is 0.225 e. The summed E-state index contributed by atoms with van der Waals surface area (Å²) < 4.78 is 1.54. The maximum absolute atomic E-state index is 5.84. The number of halogens is 2. The number of terminal acetylenes is 1. The van der Waals surface area contributed by atoms with E-state index in [1.807, 2.05) is 0 Å². The van der Waals surface area contributed by atoms with Crippen LogP contribution in [0.3, 0.4) is 0 Å². The summed E-state index contributed by atoms with van der Waals surface area (Å²) in [5, 5.41) is 5.03. The van der Waals surface area contributed by atoms with Gasteiger partial charge in [0.25, 0.3) is 0 Å². The first kappa shape index (κ1) is 9.25. The van der Waals surface area contributed by atoms with Crippen molar-refractivity contribution >= 4 is 34.2 Å². The van der Waals surface area contributed by atoms with Crippen LogP contribution in [0.15, 0.2) is 6.20 Å². The van der Waals surface area contributed by atoms with Gasteiger partial charge in [-0.2, -0.15) is 10.1 Å². The van der Waals surface area contributed by atoms with Gasteiger partial charge in [-0.1, -0.05) is 17.5 Å². The molecule has 0 aliphatic carbocycles. The molecular weight excluding hydrogens is 223 g/mol. The van der Waals surface area contributed by atoms with Crippen molar-refractivity contribution in [3.8, 4) is 12.3 Å². The molecule has 4 nitrogen and oxygen atoms in total. The quantitative estimate of drug-likeness (QED) is 0.423. The molecule has 0 saturated heterocycles. The third-order valence-corrected chi connectivity index (χ3v) is 2.12. The average molecular weight is 227 g/mol. The summed E-state index contributed by atoms with van der Waals surface area (Å²) in [6.07, 6.45) is 6.73. The Labute approximate surface area is 89.9 Å². The van der Waals surface area contributed by atoms with E-state index in [9.17, 15) is 0 Å².